The molecule has 0 fully saturated rings. The minimum Gasteiger partial charge on any atom is -0.202 e. The summed E-state index contributed by atoms with van der Waals surface area (Å²) in [5.74, 6) is 0. The first-order chi connectivity index (χ1) is 1.91. The molecular weight excluding hydrogens is 123 g/mol. The highest BCUT2D eigenvalue weighted by Crippen LogP contribution is 1.75. The van der Waals surface area contributed by atoms with Gasteiger partial charge in [0.15, 0.2) is 6.33 Å². The monoisotopic (exact) mass is 122 g/mol. The molecule has 0 unspecified atom stereocenters. The zero-order valence-corrected chi connectivity index (χ0v) is 3.34. The van der Waals surface area contributed by atoms with Crippen LogP contribution in [0, 0.1) is 11.3 Å². The van der Waals surface area contributed by atoms with E-state index in [9.17, 15) is 4.39 Å². The van der Waals surface area contributed by atoms with Crippen molar-refractivity contribution < 1.29 is 4.39 Å². The molecule has 0 amide bonds. The predicted octanol–water partition coefficient (Wildman–Crippen LogP) is 1.43. The van der Waals surface area contributed by atoms with Crippen LogP contribution in [0.1, 0.15) is 0 Å². The van der Waals surface area contributed by atoms with Crippen molar-refractivity contribution in [2.24, 2.45) is 0 Å². The summed E-state index contributed by atoms with van der Waals surface area (Å²) in [7, 11) is 0. The summed E-state index contributed by atoms with van der Waals surface area (Å²) in [5, 5.41) is 0. The molecule has 2 radical (unpaired) electrons. The Labute approximate surface area is 32.4 Å². The van der Waals surface area contributed by atoms with E-state index < -0.39 is 0 Å². The average Bonchev–Trinajstić information content (AvgIpc) is 1.37. The van der Waals surface area contributed by atoms with Crippen LogP contribution in [-0.2, 0) is 0 Å². The van der Waals surface area contributed by atoms with Crippen LogP contribution in [-0.4, -0.2) is 0 Å². The Hall–Kier alpha value is 0.150. The first-order valence-electron chi connectivity index (χ1n) is 0.628. The molecule has 22 valence electrons. The van der Waals surface area contributed by atoms with Gasteiger partial charge in [-0.2, -0.15) is 0 Å². The third-order valence-corrected chi connectivity index (χ3v) is 0.186. The van der Waals surface area contributed by atoms with Crippen molar-refractivity contribution in [2.45, 2.75) is 0 Å². The lowest BCUT2D eigenvalue weighted by Gasteiger charge is -1.38. The van der Waals surface area contributed by atoms with Crippen LogP contribution in [0.5, 0.6) is 0 Å². The molecule has 0 bridgehead atoms. The molecule has 0 saturated carbocycles. The molecule has 0 heterocycles. The van der Waals surface area contributed by atoms with Crippen molar-refractivity contribution in [3.05, 3.63) is 11.3 Å². The molecular formula is C2BrF. The zero-order chi connectivity index (χ0) is 3.41. The minimum absolute atomic E-state index is 1.10. The summed E-state index contributed by atoms with van der Waals surface area (Å²) in [6.07, 6.45) is 1.10. The largest absolute Gasteiger partial charge is 0.202 e. The van der Waals surface area contributed by atoms with Crippen LogP contribution >= 0.6 is 15.9 Å². The first kappa shape index (κ1) is 4.15. The van der Waals surface area contributed by atoms with Gasteiger partial charge >= 0.3 is 0 Å². The van der Waals surface area contributed by atoms with Gasteiger partial charge in [0.05, 0.1) is 4.99 Å². The number of hydrogen-bond donors (Lipinski definition) is 0. The van der Waals surface area contributed by atoms with Gasteiger partial charge in [0, 0.05) is 0 Å². The molecule has 4 heavy (non-hydrogen) atoms. The van der Waals surface area contributed by atoms with Crippen molar-refractivity contribution >= 4 is 15.9 Å². The topological polar surface area (TPSA) is 0 Å². The Morgan fingerprint density at radius 2 is 2.00 bits per heavy atom. The van der Waals surface area contributed by atoms with Crippen molar-refractivity contribution in [3.8, 4) is 0 Å². The lowest BCUT2D eigenvalue weighted by Crippen LogP contribution is -1.19. The summed E-state index contributed by atoms with van der Waals surface area (Å²) in [5.41, 5.74) is 0. The highest BCUT2D eigenvalue weighted by atomic mass is 79.9. The van der Waals surface area contributed by atoms with Crippen LogP contribution < -0.4 is 0 Å². The van der Waals surface area contributed by atoms with E-state index in [1.165, 1.54) is 0 Å². The maximum Gasteiger partial charge on any atom is 0.175 e. The van der Waals surface area contributed by atoms with Crippen LogP contribution in [0.3, 0.4) is 0 Å². The van der Waals surface area contributed by atoms with Gasteiger partial charge in [-0.15, -0.1) is 0 Å². The molecule has 0 spiro atoms. The van der Waals surface area contributed by atoms with Gasteiger partial charge in [-0.3, -0.25) is 0 Å². The van der Waals surface area contributed by atoms with E-state index in [0.29, 0.717) is 0 Å². The van der Waals surface area contributed by atoms with Crippen molar-refractivity contribution in [1.29, 1.82) is 0 Å². The molecule has 0 aromatic carbocycles. The van der Waals surface area contributed by atoms with E-state index in [0.717, 1.165) is 6.33 Å². The second kappa shape index (κ2) is 3.15. The Bertz CT molecular complexity index is 21.2. The zero-order valence-electron chi connectivity index (χ0n) is 1.76. The smallest absolute Gasteiger partial charge is 0.175 e. The molecule has 0 nitrogen and oxygen atoms in total. The quantitative estimate of drug-likeness (QED) is 0.457. The minimum atomic E-state index is 1.10. The molecule has 0 atom stereocenters. The predicted molar refractivity (Wildman–Crippen MR) is 16.5 cm³/mol. The van der Waals surface area contributed by atoms with Crippen LogP contribution in [0.2, 0.25) is 0 Å². The maximum absolute atomic E-state index is 10.3. The van der Waals surface area contributed by atoms with E-state index in [1.807, 2.05) is 4.99 Å². The highest BCUT2D eigenvalue weighted by molar-refractivity contribution is 9.10. The van der Waals surface area contributed by atoms with Crippen molar-refractivity contribution in [1.82, 2.24) is 0 Å². The van der Waals surface area contributed by atoms with Gasteiger partial charge in [-0.05, 0) is 15.9 Å². The summed E-state index contributed by atoms with van der Waals surface area (Å²) in [4.78, 5) is 1.83. The Morgan fingerprint density at radius 3 is 2.00 bits per heavy atom. The summed E-state index contributed by atoms with van der Waals surface area (Å²) in [6, 6.07) is 0. The van der Waals surface area contributed by atoms with Crippen LogP contribution in [0.25, 0.3) is 0 Å². The second-order valence-corrected chi connectivity index (χ2v) is 0.585. The Kier molecular flexibility index (Phi) is 3.27. The van der Waals surface area contributed by atoms with Gasteiger partial charge in [0.2, 0.25) is 0 Å². The van der Waals surface area contributed by atoms with Gasteiger partial charge < -0.3 is 0 Å². The third kappa shape index (κ3) is 2.15. The normalized spacial score (nSPS) is 9.50. The van der Waals surface area contributed by atoms with Gasteiger partial charge in [-0.25, -0.2) is 4.39 Å². The Morgan fingerprint density at radius 1 is 1.75 bits per heavy atom. The van der Waals surface area contributed by atoms with Crippen molar-refractivity contribution in [2.75, 3.05) is 0 Å². The van der Waals surface area contributed by atoms with Crippen LogP contribution in [0.4, 0.5) is 4.39 Å². The lowest BCUT2D eigenvalue weighted by molar-refractivity contribution is 0.683. The van der Waals surface area contributed by atoms with Gasteiger partial charge in [0.1, 0.15) is 0 Å². The average molecular weight is 123 g/mol. The van der Waals surface area contributed by atoms with E-state index in [2.05, 4.69) is 15.9 Å². The number of rotatable bonds is 0. The molecule has 0 aliphatic carbocycles. The summed E-state index contributed by atoms with van der Waals surface area (Å²) < 4.78 is 10.3. The van der Waals surface area contributed by atoms with E-state index >= 15 is 0 Å². The Balaban J connectivity index is 2.55. The van der Waals surface area contributed by atoms with Crippen LogP contribution in [0.15, 0.2) is 0 Å². The SMILES string of the molecule is F/[C]=[C]/Br. The number of halogens is 2. The van der Waals surface area contributed by atoms with E-state index in [-0.39, 0.29) is 0 Å². The maximum atomic E-state index is 10.3. The fraction of sp³-hybridized carbons (Fsp3) is 0. The molecule has 0 saturated heterocycles. The molecule has 0 N–H and O–H groups in total. The fourth-order valence-electron chi connectivity index (χ4n) is 0. The third-order valence-electron chi connectivity index (χ3n) is 0.0357. The van der Waals surface area contributed by atoms with Gasteiger partial charge in [-0.1, -0.05) is 0 Å². The first-order valence-corrected chi connectivity index (χ1v) is 1.42. The van der Waals surface area contributed by atoms with E-state index in [1.54, 1.807) is 0 Å². The highest BCUT2D eigenvalue weighted by Gasteiger charge is 1.46. The molecule has 0 aromatic rings. The van der Waals surface area contributed by atoms with E-state index in [4.69, 9.17) is 0 Å². The fourth-order valence-corrected chi connectivity index (χ4v) is 0. The molecule has 0 aliphatic rings. The molecule has 0 aromatic heterocycles. The molecule has 2 heteroatoms. The summed E-state index contributed by atoms with van der Waals surface area (Å²) >= 11 is 2.51. The van der Waals surface area contributed by atoms with Crippen molar-refractivity contribution in [3.63, 3.8) is 0 Å². The molecule has 0 rings (SSSR count). The second-order valence-electron chi connectivity index (χ2n) is 0.189. The standard InChI is InChI=1S/C2BrF/c3-1-2-4. The summed E-state index contributed by atoms with van der Waals surface area (Å²) in [6.45, 7) is 0. The van der Waals surface area contributed by atoms with Gasteiger partial charge in [0.25, 0.3) is 0 Å². The lowest BCUT2D eigenvalue weighted by atomic mass is 11.2. The number of hydrogen-bond acceptors (Lipinski definition) is 0. The molecule has 0 aliphatic heterocycles.